The first-order valence-electron chi connectivity index (χ1n) is 7.68. The summed E-state index contributed by atoms with van der Waals surface area (Å²) in [4.78, 5) is 17.7. The number of halogens is 3. The van der Waals surface area contributed by atoms with Crippen LogP contribution >= 0.6 is 0 Å². The summed E-state index contributed by atoms with van der Waals surface area (Å²) in [5.41, 5.74) is 0.561. The fourth-order valence-corrected chi connectivity index (χ4v) is 2.59. The van der Waals surface area contributed by atoms with Crippen LogP contribution in [0.25, 0.3) is 11.0 Å². The lowest BCUT2D eigenvalue weighted by Crippen LogP contribution is -2.36. The molecule has 0 aliphatic carbocycles. The number of para-hydroxylation sites is 2. The van der Waals surface area contributed by atoms with E-state index in [-0.39, 0.29) is 18.0 Å². The molecule has 2 aromatic rings. The lowest BCUT2D eigenvalue weighted by Gasteiger charge is -2.22. The van der Waals surface area contributed by atoms with E-state index >= 15 is 0 Å². The second-order valence-corrected chi connectivity index (χ2v) is 5.39. The van der Waals surface area contributed by atoms with Crippen LogP contribution in [0.4, 0.5) is 13.2 Å². The van der Waals surface area contributed by atoms with Gasteiger partial charge in [-0.2, -0.15) is 13.2 Å². The molecule has 0 radical (unpaired) electrons. The van der Waals surface area contributed by atoms with Gasteiger partial charge in [0.1, 0.15) is 6.54 Å². The van der Waals surface area contributed by atoms with E-state index in [1.807, 2.05) is 13.8 Å². The average molecular weight is 327 g/mol. The molecule has 1 amide bonds. The molecule has 0 saturated carbocycles. The predicted octanol–water partition coefficient (Wildman–Crippen LogP) is 3.70. The van der Waals surface area contributed by atoms with Crippen molar-refractivity contribution in [2.75, 3.05) is 13.1 Å². The van der Waals surface area contributed by atoms with Crippen LogP contribution in [0.3, 0.4) is 0 Å². The summed E-state index contributed by atoms with van der Waals surface area (Å²) in [5, 5.41) is 0. The summed E-state index contributed by atoms with van der Waals surface area (Å²) in [5.74, 6) is -1.35. The Hall–Kier alpha value is -2.05. The number of rotatable bonds is 6. The van der Waals surface area contributed by atoms with Gasteiger partial charge < -0.3 is 9.47 Å². The third kappa shape index (κ3) is 3.83. The van der Waals surface area contributed by atoms with Crippen molar-refractivity contribution in [1.29, 1.82) is 0 Å². The maximum absolute atomic E-state index is 13.2. The predicted molar refractivity (Wildman–Crippen MR) is 81.9 cm³/mol. The Bertz CT molecular complexity index is 673. The van der Waals surface area contributed by atoms with Crippen molar-refractivity contribution in [3.05, 3.63) is 30.1 Å². The molecule has 7 heteroatoms. The van der Waals surface area contributed by atoms with E-state index in [4.69, 9.17) is 0 Å². The van der Waals surface area contributed by atoms with Crippen molar-refractivity contribution in [2.24, 2.45) is 0 Å². The van der Waals surface area contributed by atoms with Crippen LogP contribution in [-0.2, 0) is 17.5 Å². The Labute approximate surface area is 132 Å². The standard InChI is InChI=1S/C16H20F3N3O/c1-3-9-21(10-4-2)14(23)11-22-13-8-6-5-7-12(13)20-15(22)16(17,18)19/h5-8H,3-4,9-11H2,1-2H3. The number of aromatic nitrogens is 2. The Morgan fingerprint density at radius 1 is 1.17 bits per heavy atom. The highest BCUT2D eigenvalue weighted by Gasteiger charge is 2.38. The van der Waals surface area contributed by atoms with E-state index in [1.165, 1.54) is 6.07 Å². The van der Waals surface area contributed by atoms with Gasteiger partial charge in [-0.25, -0.2) is 4.98 Å². The highest BCUT2D eigenvalue weighted by Crippen LogP contribution is 2.31. The van der Waals surface area contributed by atoms with Gasteiger partial charge in [-0.1, -0.05) is 26.0 Å². The highest BCUT2D eigenvalue weighted by atomic mass is 19.4. The van der Waals surface area contributed by atoms with E-state index in [1.54, 1.807) is 23.1 Å². The summed E-state index contributed by atoms with van der Waals surface area (Å²) >= 11 is 0. The van der Waals surface area contributed by atoms with Crippen molar-refractivity contribution in [1.82, 2.24) is 14.5 Å². The normalized spacial score (nSPS) is 11.9. The number of fused-ring (bicyclic) bond motifs is 1. The molecule has 1 heterocycles. The average Bonchev–Trinajstić information content (AvgIpc) is 2.86. The molecule has 2 rings (SSSR count). The van der Waals surface area contributed by atoms with Crippen LogP contribution in [0.1, 0.15) is 32.5 Å². The molecular formula is C16H20F3N3O. The van der Waals surface area contributed by atoms with Gasteiger partial charge >= 0.3 is 6.18 Å². The third-order valence-electron chi connectivity index (χ3n) is 3.54. The van der Waals surface area contributed by atoms with Gasteiger partial charge in [0.25, 0.3) is 0 Å². The van der Waals surface area contributed by atoms with Crippen molar-refractivity contribution >= 4 is 16.9 Å². The van der Waals surface area contributed by atoms with Crippen LogP contribution in [0.2, 0.25) is 0 Å². The van der Waals surface area contributed by atoms with Crippen LogP contribution < -0.4 is 0 Å². The summed E-state index contributed by atoms with van der Waals surface area (Å²) in [6.07, 6.45) is -3.06. The van der Waals surface area contributed by atoms with E-state index < -0.39 is 12.0 Å². The van der Waals surface area contributed by atoms with E-state index in [2.05, 4.69) is 4.98 Å². The quantitative estimate of drug-likeness (QED) is 0.811. The molecule has 0 bridgehead atoms. The number of carbonyl (C=O) groups excluding carboxylic acids is 1. The lowest BCUT2D eigenvalue weighted by molar-refractivity contribution is -0.148. The van der Waals surface area contributed by atoms with Gasteiger partial charge in [0.2, 0.25) is 11.7 Å². The van der Waals surface area contributed by atoms with Crippen LogP contribution in [0.15, 0.2) is 24.3 Å². The SMILES string of the molecule is CCCN(CCC)C(=O)Cn1c(C(F)(F)F)nc2ccccc21. The second kappa shape index (κ2) is 7.02. The Morgan fingerprint density at radius 2 is 1.78 bits per heavy atom. The topological polar surface area (TPSA) is 38.1 Å². The van der Waals surface area contributed by atoms with E-state index in [0.717, 1.165) is 17.4 Å². The van der Waals surface area contributed by atoms with Crippen molar-refractivity contribution < 1.29 is 18.0 Å². The smallest absolute Gasteiger partial charge is 0.341 e. The summed E-state index contributed by atoms with van der Waals surface area (Å²) in [6.45, 7) is 4.60. The Morgan fingerprint density at radius 3 is 2.35 bits per heavy atom. The largest absolute Gasteiger partial charge is 0.449 e. The minimum Gasteiger partial charge on any atom is -0.341 e. The number of hydrogen-bond acceptors (Lipinski definition) is 2. The first-order valence-corrected chi connectivity index (χ1v) is 7.68. The molecule has 0 saturated heterocycles. The number of alkyl halides is 3. The highest BCUT2D eigenvalue weighted by molar-refractivity contribution is 5.81. The van der Waals surface area contributed by atoms with Gasteiger partial charge in [0.15, 0.2) is 0 Å². The first kappa shape index (κ1) is 17.3. The number of amides is 1. The summed E-state index contributed by atoms with van der Waals surface area (Å²) < 4.78 is 40.6. The fourth-order valence-electron chi connectivity index (χ4n) is 2.59. The van der Waals surface area contributed by atoms with Crippen LogP contribution in [-0.4, -0.2) is 33.4 Å². The molecule has 4 nitrogen and oxygen atoms in total. The van der Waals surface area contributed by atoms with Crippen molar-refractivity contribution in [3.8, 4) is 0 Å². The zero-order valence-electron chi connectivity index (χ0n) is 13.2. The second-order valence-electron chi connectivity index (χ2n) is 5.39. The first-order chi connectivity index (χ1) is 10.9. The van der Waals surface area contributed by atoms with Gasteiger partial charge in [-0.3, -0.25) is 4.79 Å². The number of carbonyl (C=O) groups is 1. The number of hydrogen-bond donors (Lipinski definition) is 0. The third-order valence-corrected chi connectivity index (χ3v) is 3.54. The molecule has 1 aromatic carbocycles. The Kier molecular flexibility index (Phi) is 5.28. The lowest BCUT2D eigenvalue weighted by atomic mass is 10.3. The zero-order valence-corrected chi connectivity index (χ0v) is 13.2. The minimum absolute atomic E-state index is 0.241. The minimum atomic E-state index is -4.60. The molecule has 0 aliphatic rings. The molecule has 23 heavy (non-hydrogen) atoms. The maximum Gasteiger partial charge on any atom is 0.449 e. The van der Waals surface area contributed by atoms with Crippen LogP contribution in [0.5, 0.6) is 0 Å². The molecule has 0 spiro atoms. The summed E-state index contributed by atoms with van der Waals surface area (Å²) in [6, 6.07) is 6.33. The van der Waals surface area contributed by atoms with Gasteiger partial charge in [0.05, 0.1) is 11.0 Å². The molecule has 0 unspecified atom stereocenters. The molecule has 126 valence electrons. The molecule has 0 N–H and O–H groups in total. The van der Waals surface area contributed by atoms with Gasteiger partial charge in [-0.05, 0) is 25.0 Å². The van der Waals surface area contributed by atoms with Crippen molar-refractivity contribution in [2.45, 2.75) is 39.4 Å². The van der Waals surface area contributed by atoms with E-state index in [9.17, 15) is 18.0 Å². The molecule has 1 aromatic heterocycles. The number of benzene rings is 1. The van der Waals surface area contributed by atoms with Gasteiger partial charge in [0, 0.05) is 13.1 Å². The fraction of sp³-hybridized carbons (Fsp3) is 0.500. The zero-order chi connectivity index (χ0) is 17.0. The molecule has 0 aliphatic heterocycles. The van der Waals surface area contributed by atoms with E-state index in [0.29, 0.717) is 18.6 Å². The Balaban J connectivity index is 2.39. The monoisotopic (exact) mass is 327 g/mol. The number of nitrogens with zero attached hydrogens (tertiary/aromatic N) is 3. The number of imidazole rings is 1. The van der Waals surface area contributed by atoms with Gasteiger partial charge in [-0.15, -0.1) is 0 Å². The summed E-state index contributed by atoms with van der Waals surface area (Å²) in [7, 11) is 0. The molecular weight excluding hydrogens is 307 g/mol. The van der Waals surface area contributed by atoms with Crippen LogP contribution in [0, 0.1) is 0 Å². The van der Waals surface area contributed by atoms with Crippen molar-refractivity contribution in [3.63, 3.8) is 0 Å². The molecule has 0 atom stereocenters. The molecule has 0 fully saturated rings. The maximum atomic E-state index is 13.2.